The highest BCUT2D eigenvalue weighted by Crippen LogP contribution is 2.20. The number of hydrogen-bond donors (Lipinski definition) is 1. The second-order valence-corrected chi connectivity index (χ2v) is 4.90. The Morgan fingerprint density at radius 3 is 2.65 bits per heavy atom. The molecular formula is C15H15N3OS. The lowest BCUT2D eigenvalue weighted by Crippen LogP contribution is -1.97. The highest BCUT2D eigenvalue weighted by molar-refractivity contribution is 7.71. The van der Waals surface area contributed by atoms with Crippen LogP contribution in [0.5, 0.6) is 5.75 Å². The number of H-pyrrole nitrogens is 1. The van der Waals surface area contributed by atoms with Crippen LogP contribution in [0.25, 0.3) is 16.9 Å². The van der Waals surface area contributed by atoms with Crippen LogP contribution >= 0.6 is 12.2 Å². The van der Waals surface area contributed by atoms with Crippen molar-refractivity contribution >= 4 is 23.4 Å². The Balaban J connectivity index is 2.15. The number of nitrogens with zero attached hydrogens (tertiary/aromatic N) is 2. The molecule has 2 heterocycles. The molecule has 1 N–H and O–H groups in total. The third-order valence-electron chi connectivity index (χ3n) is 3.08. The summed E-state index contributed by atoms with van der Waals surface area (Å²) in [5.74, 6) is 0.853. The molecule has 4 nitrogen and oxygen atoms in total. The lowest BCUT2D eigenvalue weighted by atomic mass is 10.3. The molecule has 1 aromatic carbocycles. The monoisotopic (exact) mass is 285 g/mol. The maximum atomic E-state index is 5.46. The zero-order chi connectivity index (χ0) is 14.1. The average Bonchev–Trinajstić information content (AvgIpc) is 2.76. The van der Waals surface area contributed by atoms with E-state index >= 15 is 0 Å². The molecule has 2 aromatic heterocycles. The number of pyridine rings is 1. The van der Waals surface area contributed by atoms with Gasteiger partial charge in [-0.3, -0.25) is 4.57 Å². The number of aromatic nitrogens is 3. The molecule has 0 bridgehead atoms. The molecule has 0 spiro atoms. The summed E-state index contributed by atoms with van der Waals surface area (Å²) in [6.07, 6.45) is 0. The van der Waals surface area contributed by atoms with Crippen LogP contribution in [0.15, 0.2) is 36.4 Å². The van der Waals surface area contributed by atoms with Crippen LogP contribution < -0.4 is 4.74 Å². The van der Waals surface area contributed by atoms with Gasteiger partial charge in [0.25, 0.3) is 0 Å². The topological polar surface area (TPSA) is 42.8 Å². The number of imidazole rings is 1. The summed E-state index contributed by atoms with van der Waals surface area (Å²) in [5.41, 5.74) is 3.72. The minimum absolute atomic E-state index is 0.641. The van der Waals surface area contributed by atoms with Crippen molar-refractivity contribution < 1.29 is 4.74 Å². The second-order valence-electron chi connectivity index (χ2n) is 4.52. The lowest BCUT2D eigenvalue weighted by Gasteiger charge is -2.06. The van der Waals surface area contributed by atoms with Crippen molar-refractivity contribution in [2.75, 3.05) is 6.61 Å². The zero-order valence-corrected chi connectivity index (χ0v) is 12.2. The van der Waals surface area contributed by atoms with Gasteiger partial charge in [-0.05, 0) is 62.5 Å². The first-order chi connectivity index (χ1) is 9.69. The summed E-state index contributed by atoms with van der Waals surface area (Å²) < 4.78 is 8.04. The highest BCUT2D eigenvalue weighted by Gasteiger charge is 2.08. The lowest BCUT2D eigenvalue weighted by molar-refractivity contribution is 0.340. The van der Waals surface area contributed by atoms with Gasteiger partial charge in [0, 0.05) is 5.69 Å². The summed E-state index contributed by atoms with van der Waals surface area (Å²) >= 11 is 5.40. The van der Waals surface area contributed by atoms with E-state index in [1.165, 1.54) is 0 Å². The molecule has 3 aromatic rings. The van der Waals surface area contributed by atoms with Gasteiger partial charge in [-0.15, -0.1) is 0 Å². The van der Waals surface area contributed by atoms with Gasteiger partial charge < -0.3 is 9.72 Å². The van der Waals surface area contributed by atoms with Crippen molar-refractivity contribution in [3.05, 3.63) is 46.9 Å². The van der Waals surface area contributed by atoms with Crippen LogP contribution in [0.3, 0.4) is 0 Å². The maximum Gasteiger partial charge on any atom is 0.183 e. The Hall–Kier alpha value is -2.14. The third-order valence-corrected chi connectivity index (χ3v) is 3.36. The molecule has 102 valence electrons. The molecule has 5 heteroatoms. The summed E-state index contributed by atoms with van der Waals surface area (Å²) in [6.45, 7) is 4.60. The second kappa shape index (κ2) is 5.09. The van der Waals surface area contributed by atoms with Gasteiger partial charge in [0.1, 0.15) is 5.75 Å². The van der Waals surface area contributed by atoms with E-state index in [1.54, 1.807) is 0 Å². The first-order valence-corrected chi connectivity index (χ1v) is 6.91. The summed E-state index contributed by atoms with van der Waals surface area (Å²) in [5, 5.41) is 0. The first-order valence-electron chi connectivity index (χ1n) is 6.50. The standard InChI is InChI=1S/C15H15N3OS/c1-3-19-12-7-5-11(6-8-12)18-14-13(17-15(18)20)9-4-10(2)16-14/h4-9H,3H2,1-2H3,(H,17,20). The molecular weight excluding hydrogens is 270 g/mol. The Morgan fingerprint density at radius 2 is 1.95 bits per heavy atom. The largest absolute Gasteiger partial charge is 0.494 e. The number of ether oxygens (including phenoxy) is 1. The Labute approximate surface area is 122 Å². The Kier molecular flexibility index (Phi) is 3.28. The SMILES string of the molecule is CCOc1ccc(-n2c(=S)[nH]c3ccc(C)nc32)cc1. The molecule has 0 saturated heterocycles. The van der Waals surface area contributed by atoms with Gasteiger partial charge in [-0.2, -0.15) is 0 Å². The van der Waals surface area contributed by atoms with Crippen LogP contribution in [0.2, 0.25) is 0 Å². The van der Waals surface area contributed by atoms with Crippen LogP contribution in [0.4, 0.5) is 0 Å². The van der Waals surface area contributed by atoms with Gasteiger partial charge in [0.05, 0.1) is 17.8 Å². The molecule has 0 aliphatic rings. The van der Waals surface area contributed by atoms with Crippen LogP contribution in [-0.4, -0.2) is 21.1 Å². The molecule has 0 saturated carbocycles. The van der Waals surface area contributed by atoms with E-state index in [0.717, 1.165) is 28.3 Å². The van der Waals surface area contributed by atoms with E-state index in [1.807, 2.05) is 54.8 Å². The molecule has 0 atom stereocenters. The average molecular weight is 285 g/mol. The van der Waals surface area contributed by atoms with Crippen LogP contribution in [0, 0.1) is 11.7 Å². The molecule has 0 unspecified atom stereocenters. The number of nitrogens with one attached hydrogen (secondary N) is 1. The normalized spacial score (nSPS) is 10.9. The van der Waals surface area contributed by atoms with E-state index in [0.29, 0.717) is 11.4 Å². The molecule has 0 amide bonds. The molecule has 3 rings (SSSR count). The Morgan fingerprint density at radius 1 is 1.20 bits per heavy atom. The summed E-state index contributed by atoms with van der Waals surface area (Å²) in [6, 6.07) is 11.8. The molecule has 0 fully saturated rings. The summed E-state index contributed by atoms with van der Waals surface area (Å²) in [4.78, 5) is 7.74. The molecule has 0 radical (unpaired) electrons. The number of benzene rings is 1. The minimum atomic E-state index is 0.641. The predicted octanol–water partition coefficient (Wildman–Crippen LogP) is 3.79. The van der Waals surface area contributed by atoms with E-state index in [2.05, 4.69) is 9.97 Å². The summed E-state index contributed by atoms with van der Waals surface area (Å²) in [7, 11) is 0. The van der Waals surface area contributed by atoms with Crippen molar-refractivity contribution in [2.24, 2.45) is 0 Å². The fourth-order valence-electron chi connectivity index (χ4n) is 2.18. The smallest absolute Gasteiger partial charge is 0.183 e. The number of hydrogen-bond acceptors (Lipinski definition) is 3. The number of aromatic amines is 1. The van der Waals surface area contributed by atoms with Crippen molar-refractivity contribution in [3.63, 3.8) is 0 Å². The maximum absolute atomic E-state index is 5.46. The van der Waals surface area contributed by atoms with Crippen LogP contribution in [0.1, 0.15) is 12.6 Å². The van der Waals surface area contributed by atoms with Crippen molar-refractivity contribution in [3.8, 4) is 11.4 Å². The quantitative estimate of drug-likeness (QED) is 0.744. The van der Waals surface area contributed by atoms with Crippen molar-refractivity contribution in [1.29, 1.82) is 0 Å². The highest BCUT2D eigenvalue weighted by atomic mass is 32.1. The van der Waals surface area contributed by atoms with E-state index in [-0.39, 0.29) is 0 Å². The number of aryl methyl sites for hydroxylation is 1. The zero-order valence-electron chi connectivity index (χ0n) is 11.4. The third kappa shape index (κ3) is 2.20. The van der Waals surface area contributed by atoms with Gasteiger partial charge in [-0.1, -0.05) is 0 Å². The Bertz CT molecular complexity index is 802. The fourth-order valence-corrected chi connectivity index (χ4v) is 2.48. The van der Waals surface area contributed by atoms with E-state index in [9.17, 15) is 0 Å². The van der Waals surface area contributed by atoms with Gasteiger partial charge in [-0.25, -0.2) is 4.98 Å². The van der Waals surface area contributed by atoms with Crippen LogP contribution in [-0.2, 0) is 0 Å². The van der Waals surface area contributed by atoms with E-state index < -0.39 is 0 Å². The molecule has 20 heavy (non-hydrogen) atoms. The van der Waals surface area contributed by atoms with E-state index in [4.69, 9.17) is 17.0 Å². The van der Waals surface area contributed by atoms with Gasteiger partial charge in [0.15, 0.2) is 10.4 Å². The molecule has 0 aliphatic heterocycles. The molecule has 0 aliphatic carbocycles. The van der Waals surface area contributed by atoms with Crippen molar-refractivity contribution in [2.45, 2.75) is 13.8 Å². The minimum Gasteiger partial charge on any atom is -0.494 e. The van der Waals surface area contributed by atoms with Gasteiger partial charge >= 0.3 is 0 Å². The number of rotatable bonds is 3. The number of fused-ring (bicyclic) bond motifs is 1. The van der Waals surface area contributed by atoms with Gasteiger partial charge in [0.2, 0.25) is 0 Å². The van der Waals surface area contributed by atoms with Crippen molar-refractivity contribution in [1.82, 2.24) is 14.5 Å². The fraction of sp³-hybridized carbons (Fsp3) is 0.200. The predicted molar refractivity (Wildman–Crippen MR) is 82.2 cm³/mol. The first kappa shape index (κ1) is 12.9.